The molecule has 60 valence electrons. The highest BCUT2D eigenvalue weighted by Gasteiger charge is 2.07. The van der Waals surface area contributed by atoms with Crippen molar-refractivity contribution in [3.63, 3.8) is 0 Å². The molecule has 1 N–H and O–H groups in total. The molecule has 1 aromatic rings. The van der Waals surface area contributed by atoms with Gasteiger partial charge in [0.2, 0.25) is 5.88 Å². The summed E-state index contributed by atoms with van der Waals surface area (Å²) >= 11 is 0. The number of pyridine rings is 1. The van der Waals surface area contributed by atoms with Crippen LogP contribution in [0.15, 0.2) is 12.3 Å². The van der Waals surface area contributed by atoms with E-state index in [-0.39, 0.29) is 11.8 Å². The molecule has 11 heavy (non-hydrogen) atoms. The number of aromatic nitrogens is 1. The summed E-state index contributed by atoms with van der Waals surface area (Å²) in [5.41, 5.74) is 0.546. The largest absolute Gasteiger partial charge is 0.493 e. The van der Waals surface area contributed by atoms with Crippen LogP contribution in [-0.2, 0) is 0 Å². The maximum atomic E-state index is 12.5. The van der Waals surface area contributed by atoms with E-state index < -0.39 is 5.82 Å². The van der Waals surface area contributed by atoms with Gasteiger partial charge in [-0.3, -0.25) is 0 Å². The lowest BCUT2D eigenvalue weighted by molar-refractivity contribution is 0.438. The summed E-state index contributed by atoms with van der Waals surface area (Å²) in [5.74, 6) is -0.397. The van der Waals surface area contributed by atoms with Gasteiger partial charge in [-0.15, -0.1) is 0 Å². The minimum Gasteiger partial charge on any atom is -0.493 e. The maximum absolute atomic E-state index is 12.5. The minimum absolute atomic E-state index is 0.0820. The van der Waals surface area contributed by atoms with Crippen LogP contribution < -0.4 is 0 Å². The second-order valence-corrected chi connectivity index (χ2v) is 2.72. The first kappa shape index (κ1) is 7.98. The Hall–Kier alpha value is -1.12. The predicted molar refractivity (Wildman–Crippen MR) is 39.9 cm³/mol. The summed E-state index contributed by atoms with van der Waals surface area (Å²) in [6.45, 7) is 3.74. The van der Waals surface area contributed by atoms with Gasteiger partial charge in [0.25, 0.3) is 0 Å². The maximum Gasteiger partial charge on any atom is 0.214 e. The number of nitrogens with zero attached hydrogens (tertiary/aromatic N) is 1. The van der Waals surface area contributed by atoms with Crippen LogP contribution in [-0.4, -0.2) is 10.1 Å². The highest BCUT2D eigenvalue weighted by atomic mass is 19.1. The van der Waals surface area contributed by atoms with Crippen LogP contribution >= 0.6 is 0 Å². The quantitative estimate of drug-likeness (QED) is 0.673. The molecular weight excluding hydrogens is 145 g/mol. The third-order valence-electron chi connectivity index (χ3n) is 1.48. The van der Waals surface area contributed by atoms with Crippen molar-refractivity contribution < 1.29 is 9.50 Å². The van der Waals surface area contributed by atoms with Crippen molar-refractivity contribution in [2.24, 2.45) is 0 Å². The average molecular weight is 155 g/mol. The molecule has 0 spiro atoms. The number of aromatic hydroxyl groups is 1. The van der Waals surface area contributed by atoms with Crippen molar-refractivity contribution in [3.8, 4) is 5.88 Å². The lowest BCUT2D eigenvalue weighted by Crippen LogP contribution is -1.91. The molecule has 0 aliphatic heterocycles. The molecule has 0 amide bonds. The Morgan fingerprint density at radius 2 is 2.18 bits per heavy atom. The van der Waals surface area contributed by atoms with Gasteiger partial charge in [-0.25, -0.2) is 9.37 Å². The third-order valence-corrected chi connectivity index (χ3v) is 1.48. The molecule has 0 bridgehead atoms. The highest BCUT2D eigenvalue weighted by Crippen LogP contribution is 2.22. The molecule has 1 aromatic heterocycles. The monoisotopic (exact) mass is 155 g/mol. The summed E-state index contributed by atoms with van der Waals surface area (Å²) in [5, 5.41) is 9.13. The predicted octanol–water partition coefficient (Wildman–Crippen LogP) is 2.05. The van der Waals surface area contributed by atoms with E-state index in [1.54, 1.807) is 0 Å². The molecule has 0 aliphatic rings. The summed E-state index contributed by atoms with van der Waals surface area (Å²) in [6.07, 6.45) is 1.00. The molecule has 0 aromatic carbocycles. The van der Waals surface area contributed by atoms with E-state index in [1.807, 2.05) is 13.8 Å². The molecule has 3 heteroatoms. The molecule has 0 aliphatic carbocycles. The van der Waals surface area contributed by atoms with Gasteiger partial charge in [0.1, 0.15) is 5.82 Å². The summed E-state index contributed by atoms with van der Waals surface area (Å²) < 4.78 is 12.5. The molecule has 0 unspecified atom stereocenters. The zero-order chi connectivity index (χ0) is 8.43. The standard InChI is InChI=1S/C8H10FNO/c1-5(2)7-3-6(9)4-10-8(7)11/h3-5H,1-2H3,(H,10,11). The summed E-state index contributed by atoms with van der Waals surface area (Å²) in [6, 6.07) is 1.30. The van der Waals surface area contributed by atoms with Gasteiger partial charge in [0.05, 0.1) is 6.20 Å². The SMILES string of the molecule is CC(C)c1cc(F)cnc1O. The Morgan fingerprint density at radius 1 is 1.55 bits per heavy atom. The van der Waals surface area contributed by atoms with Crippen LogP contribution in [0.5, 0.6) is 5.88 Å². The molecular formula is C8H10FNO. The fourth-order valence-electron chi connectivity index (χ4n) is 0.873. The number of rotatable bonds is 1. The second kappa shape index (κ2) is 2.86. The van der Waals surface area contributed by atoms with Crippen LogP contribution in [0.25, 0.3) is 0 Å². The minimum atomic E-state index is -0.411. The van der Waals surface area contributed by atoms with Crippen molar-refractivity contribution in [2.45, 2.75) is 19.8 Å². The van der Waals surface area contributed by atoms with Gasteiger partial charge >= 0.3 is 0 Å². The molecule has 1 rings (SSSR count). The van der Waals surface area contributed by atoms with Crippen LogP contribution in [0.2, 0.25) is 0 Å². The Balaban J connectivity index is 3.13. The number of hydrogen-bond donors (Lipinski definition) is 1. The topological polar surface area (TPSA) is 33.1 Å². The van der Waals surface area contributed by atoms with Gasteiger partial charge in [-0.1, -0.05) is 13.8 Å². The molecule has 1 heterocycles. The number of hydrogen-bond acceptors (Lipinski definition) is 2. The van der Waals surface area contributed by atoms with E-state index in [9.17, 15) is 4.39 Å². The highest BCUT2D eigenvalue weighted by molar-refractivity contribution is 5.27. The Labute approximate surface area is 64.7 Å². The van der Waals surface area contributed by atoms with Gasteiger partial charge in [-0.05, 0) is 12.0 Å². The molecule has 2 nitrogen and oxygen atoms in total. The molecule has 0 atom stereocenters. The lowest BCUT2D eigenvalue weighted by atomic mass is 10.1. The van der Waals surface area contributed by atoms with E-state index in [0.717, 1.165) is 6.20 Å². The molecule has 0 fully saturated rings. The van der Waals surface area contributed by atoms with Crippen LogP contribution in [0.4, 0.5) is 4.39 Å². The van der Waals surface area contributed by atoms with Gasteiger partial charge < -0.3 is 5.11 Å². The first-order valence-corrected chi connectivity index (χ1v) is 3.45. The van der Waals surface area contributed by atoms with Gasteiger partial charge in [0.15, 0.2) is 0 Å². The average Bonchev–Trinajstić information content (AvgIpc) is 1.94. The fourth-order valence-corrected chi connectivity index (χ4v) is 0.873. The van der Waals surface area contributed by atoms with Gasteiger partial charge in [-0.2, -0.15) is 0 Å². The smallest absolute Gasteiger partial charge is 0.214 e. The fraction of sp³-hybridized carbons (Fsp3) is 0.375. The van der Waals surface area contributed by atoms with E-state index in [0.29, 0.717) is 5.56 Å². The molecule has 0 saturated carbocycles. The van der Waals surface area contributed by atoms with E-state index in [2.05, 4.69) is 4.98 Å². The lowest BCUT2D eigenvalue weighted by Gasteiger charge is -2.05. The Kier molecular flexibility index (Phi) is 2.08. The van der Waals surface area contributed by atoms with E-state index in [1.165, 1.54) is 6.07 Å². The molecule has 0 radical (unpaired) electrons. The Morgan fingerprint density at radius 3 is 2.64 bits per heavy atom. The van der Waals surface area contributed by atoms with Crippen molar-refractivity contribution in [1.29, 1.82) is 0 Å². The van der Waals surface area contributed by atoms with Gasteiger partial charge in [0, 0.05) is 5.56 Å². The first-order valence-electron chi connectivity index (χ1n) is 3.45. The van der Waals surface area contributed by atoms with Crippen LogP contribution in [0.3, 0.4) is 0 Å². The zero-order valence-electron chi connectivity index (χ0n) is 6.50. The first-order chi connectivity index (χ1) is 5.11. The van der Waals surface area contributed by atoms with Crippen LogP contribution in [0.1, 0.15) is 25.3 Å². The zero-order valence-corrected chi connectivity index (χ0v) is 6.50. The van der Waals surface area contributed by atoms with Crippen molar-refractivity contribution >= 4 is 0 Å². The van der Waals surface area contributed by atoms with Crippen molar-refractivity contribution in [3.05, 3.63) is 23.6 Å². The van der Waals surface area contributed by atoms with E-state index >= 15 is 0 Å². The second-order valence-electron chi connectivity index (χ2n) is 2.72. The summed E-state index contributed by atoms with van der Waals surface area (Å²) in [7, 11) is 0. The van der Waals surface area contributed by atoms with Crippen molar-refractivity contribution in [2.75, 3.05) is 0 Å². The van der Waals surface area contributed by atoms with Crippen molar-refractivity contribution in [1.82, 2.24) is 4.98 Å². The van der Waals surface area contributed by atoms with E-state index in [4.69, 9.17) is 5.11 Å². The third kappa shape index (κ3) is 1.67. The summed E-state index contributed by atoms with van der Waals surface area (Å²) in [4.78, 5) is 3.48. The normalized spacial score (nSPS) is 10.5. The van der Waals surface area contributed by atoms with Crippen LogP contribution in [0, 0.1) is 5.82 Å². The number of halogens is 1. The molecule has 0 saturated heterocycles. The Bertz CT molecular complexity index is 260.